The standard InChI is InChI=1S/C10H19BrN4/c1-8(2)15-10(13-7-14-15)6-12-9(3)4-5-11/h7-9,12H,4-6H2,1-3H3. The first kappa shape index (κ1) is 12.6. The van der Waals surface area contributed by atoms with Crippen molar-refractivity contribution in [2.24, 2.45) is 0 Å². The van der Waals surface area contributed by atoms with Crippen molar-refractivity contribution in [2.75, 3.05) is 5.33 Å². The van der Waals surface area contributed by atoms with Crippen molar-refractivity contribution in [1.82, 2.24) is 20.1 Å². The molecule has 0 saturated carbocycles. The molecule has 1 N–H and O–H groups in total. The van der Waals surface area contributed by atoms with E-state index >= 15 is 0 Å². The number of alkyl halides is 1. The van der Waals surface area contributed by atoms with Crippen LogP contribution < -0.4 is 5.32 Å². The zero-order valence-electron chi connectivity index (χ0n) is 9.57. The van der Waals surface area contributed by atoms with Gasteiger partial charge in [0, 0.05) is 17.4 Å². The lowest BCUT2D eigenvalue weighted by molar-refractivity contribution is 0.465. The van der Waals surface area contributed by atoms with E-state index in [1.165, 1.54) is 0 Å². The van der Waals surface area contributed by atoms with Gasteiger partial charge in [0.15, 0.2) is 0 Å². The lowest BCUT2D eigenvalue weighted by atomic mass is 10.2. The van der Waals surface area contributed by atoms with Crippen molar-refractivity contribution >= 4 is 15.9 Å². The lowest BCUT2D eigenvalue weighted by Crippen LogP contribution is -2.27. The van der Waals surface area contributed by atoms with E-state index < -0.39 is 0 Å². The SMILES string of the molecule is CC(CCBr)NCc1ncnn1C(C)C. The van der Waals surface area contributed by atoms with Crippen LogP contribution in [0, 0.1) is 0 Å². The lowest BCUT2D eigenvalue weighted by Gasteiger charge is -2.13. The number of rotatable bonds is 6. The summed E-state index contributed by atoms with van der Waals surface area (Å²) in [4.78, 5) is 4.25. The summed E-state index contributed by atoms with van der Waals surface area (Å²) in [5.41, 5.74) is 0. The summed E-state index contributed by atoms with van der Waals surface area (Å²) >= 11 is 3.43. The molecule has 0 saturated heterocycles. The molecule has 1 rings (SSSR count). The minimum atomic E-state index is 0.371. The summed E-state index contributed by atoms with van der Waals surface area (Å²) in [6.45, 7) is 7.18. The molecular formula is C10H19BrN4. The Hall–Kier alpha value is -0.420. The Kier molecular flexibility index (Phi) is 5.25. The Bertz CT molecular complexity index is 285. The first-order valence-electron chi connectivity index (χ1n) is 5.33. The monoisotopic (exact) mass is 274 g/mol. The fraction of sp³-hybridized carbons (Fsp3) is 0.800. The highest BCUT2D eigenvalue weighted by atomic mass is 79.9. The Morgan fingerprint density at radius 1 is 1.47 bits per heavy atom. The fourth-order valence-corrected chi connectivity index (χ4v) is 2.05. The molecule has 1 aromatic heterocycles. The van der Waals surface area contributed by atoms with Gasteiger partial charge in [0.25, 0.3) is 0 Å². The van der Waals surface area contributed by atoms with Crippen LogP contribution in [-0.4, -0.2) is 26.1 Å². The summed E-state index contributed by atoms with van der Waals surface area (Å²) < 4.78 is 1.95. The smallest absolute Gasteiger partial charge is 0.141 e. The number of hydrogen-bond donors (Lipinski definition) is 1. The van der Waals surface area contributed by atoms with E-state index in [2.05, 4.69) is 52.1 Å². The Labute approximate surface area is 99.6 Å². The predicted molar refractivity (Wildman–Crippen MR) is 65.1 cm³/mol. The molecule has 0 spiro atoms. The van der Waals surface area contributed by atoms with E-state index in [0.717, 1.165) is 24.1 Å². The highest BCUT2D eigenvalue weighted by Crippen LogP contribution is 2.05. The van der Waals surface area contributed by atoms with Crippen LogP contribution in [0.2, 0.25) is 0 Å². The zero-order valence-corrected chi connectivity index (χ0v) is 11.2. The normalized spacial score (nSPS) is 13.4. The second kappa shape index (κ2) is 6.23. The Balaban J connectivity index is 2.46. The second-order valence-corrected chi connectivity index (χ2v) is 4.77. The predicted octanol–water partition coefficient (Wildman–Crippen LogP) is 2.12. The summed E-state index contributed by atoms with van der Waals surface area (Å²) in [6, 6.07) is 0.873. The van der Waals surface area contributed by atoms with Gasteiger partial charge >= 0.3 is 0 Å². The van der Waals surface area contributed by atoms with Gasteiger partial charge in [-0.2, -0.15) is 5.10 Å². The van der Waals surface area contributed by atoms with E-state index in [4.69, 9.17) is 0 Å². The van der Waals surface area contributed by atoms with Crippen molar-refractivity contribution in [2.45, 2.75) is 45.8 Å². The van der Waals surface area contributed by atoms with Gasteiger partial charge < -0.3 is 5.32 Å². The van der Waals surface area contributed by atoms with Crippen molar-refractivity contribution in [1.29, 1.82) is 0 Å². The van der Waals surface area contributed by atoms with Gasteiger partial charge in [-0.1, -0.05) is 15.9 Å². The van der Waals surface area contributed by atoms with E-state index in [9.17, 15) is 0 Å². The van der Waals surface area contributed by atoms with E-state index in [-0.39, 0.29) is 0 Å². The van der Waals surface area contributed by atoms with Gasteiger partial charge in [0.05, 0.1) is 6.54 Å². The summed E-state index contributed by atoms with van der Waals surface area (Å²) in [6.07, 6.45) is 2.74. The molecule has 0 bridgehead atoms. The highest BCUT2D eigenvalue weighted by Gasteiger charge is 2.08. The van der Waals surface area contributed by atoms with Crippen LogP contribution in [0.3, 0.4) is 0 Å². The molecule has 0 fully saturated rings. The molecule has 1 aromatic rings. The third kappa shape index (κ3) is 3.91. The van der Waals surface area contributed by atoms with Crippen molar-refractivity contribution in [3.8, 4) is 0 Å². The average molecular weight is 275 g/mol. The molecule has 4 nitrogen and oxygen atoms in total. The fourth-order valence-electron chi connectivity index (χ4n) is 1.36. The minimum absolute atomic E-state index is 0.371. The molecule has 15 heavy (non-hydrogen) atoms. The van der Waals surface area contributed by atoms with Crippen molar-refractivity contribution in [3.05, 3.63) is 12.2 Å². The molecule has 0 aliphatic carbocycles. The maximum atomic E-state index is 4.25. The largest absolute Gasteiger partial charge is 0.307 e. The average Bonchev–Trinajstić information content (AvgIpc) is 2.63. The molecule has 1 atom stereocenters. The molecule has 1 unspecified atom stereocenters. The molecular weight excluding hydrogens is 256 g/mol. The molecule has 0 aliphatic rings. The quantitative estimate of drug-likeness (QED) is 0.809. The zero-order chi connectivity index (χ0) is 11.3. The van der Waals surface area contributed by atoms with E-state index in [1.807, 2.05) is 4.68 Å². The number of hydrogen-bond acceptors (Lipinski definition) is 3. The van der Waals surface area contributed by atoms with Crippen LogP contribution in [0.15, 0.2) is 6.33 Å². The highest BCUT2D eigenvalue weighted by molar-refractivity contribution is 9.09. The molecule has 86 valence electrons. The Morgan fingerprint density at radius 2 is 2.20 bits per heavy atom. The van der Waals surface area contributed by atoms with E-state index in [1.54, 1.807) is 6.33 Å². The minimum Gasteiger partial charge on any atom is -0.307 e. The van der Waals surface area contributed by atoms with Gasteiger partial charge in [0.2, 0.25) is 0 Å². The van der Waals surface area contributed by atoms with Gasteiger partial charge in [-0.3, -0.25) is 0 Å². The topological polar surface area (TPSA) is 42.7 Å². The van der Waals surface area contributed by atoms with Crippen LogP contribution in [0.25, 0.3) is 0 Å². The third-order valence-corrected chi connectivity index (χ3v) is 2.74. The first-order chi connectivity index (χ1) is 7.15. The maximum Gasteiger partial charge on any atom is 0.141 e. The van der Waals surface area contributed by atoms with Crippen LogP contribution in [0.1, 0.15) is 39.1 Å². The Morgan fingerprint density at radius 3 is 2.80 bits per heavy atom. The number of aromatic nitrogens is 3. The van der Waals surface area contributed by atoms with Gasteiger partial charge in [0.1, 0.15) is 12.2 Å². The molecule has 1 heterocycles. The van der Waals surface area contributed by atoms with Gasteiger partial charge in [-0.05, 0) is 27.2 Å². The van der Waals surface area contributed by atoms with Crippen LogP contribution in [0.5, 0.6) is 0 Å². The van der Waals surface area contributed by atoms with E-state index in [0.29, 0.717) is 12.1 Å². The van der Waals surface area contributed by atoms with Crippen LogP contribution in [0.4, 0.5) is 0 Å². The van der Waals surface area contributed by atoms with Gasteiger partial charge in [-0.25, -0.2) is 9.67 Å². The molecule has 0 radical (unpaired) electrons. The second-order valence-electron chi connectivity index (χ2n) is 3.97. The van der Waals surface area contributed by atoms with Crippen molar-refractivity contribution < 1.29 is 0 Å². The summed E-state index contributed by atoms with van der Waals surface area (Å²) in [5, 5.41) is 8.65. The molecule has 0 aromatic carbocycles. The summed E-state index contributed by atoms with van der Waals surface area (Å²) in [7, 11) is 0. The third-order valence-electron chi connectivity index (χ3n) is 2.29. The van der Waals surface area contributed by atoms with Gasteiger partial charge in [-0.15, -0.1) is 0 Å². The van der Waals surface area contributed by atoms with Crippen LogP contribution in [-0.2, 0) is 6.54 Å². The number of nitrogens with one attached hydrogen (secondary N) is 1. The molecule has 0 amide bonds. The molecule has 5 heteroatoms. The summed E-state index contributed by atoms with van der Waals surface area (Å²) in [5.74, 6) is 1.01. The maximum absolute atomic E-state index is 4.25. The van der Waals surface area contributed by atoms with Crippen LogP contribution >= 0.6 is 15.9 Å². The first-order valence-corrected chi connectivity index (χ1v) is 6.45. The molecule has 0 aliphatic heterocycles. The number of halogens is 1. The number of nitrogens with zero attached hydrogens (tertiary/aromatic N) is 3. The van der Waals surface area contributed by atoms with Crippen molar-refractivity contribution in [3.63, 3.8) is 0 Å².